The molecule has 0 aliphatic heterocycles. The van der Waals surface area contributed by atoms with E-state index in [-0.39, 0.29) is 18.3 Å². The summed E-state index contributed by atoms with van der Waals surface area (Å²) in [6.07, 6.45) is 0.194. The smallest absolute Gasteiger partial charge is 0.306 e. The van der Waals surface area contributed by atoms with Crippen LogP contribution < -0.4 is 0 Å². The van der Waals surface area contributed by atoms with Crippen molar-refractivity contribution in [3.05, 3.63) is 41.2 Å². The molecule has 0 aliphatic rings. The molecule has 1 N–H and O–H groups in total. The van der Waals surface area contributed by atoms with Crippen LogP contribution in [0.25, 0.3) is 0 Å². The third kappa shape index (κ3) is 2.71. The summed E-state index contributed by atoms with van der Waals surface area (Å²) < 4.78 is 4.70. The van der Waals surface area contributed by atoms with Gasteiger partial charge in [-0.1, -0.05) is 35.0 Å². The minimum absolute atomic E-state index is 0.194. The van der Waals surface area contributed by atoms with E-state index in [0.717, 1.165) is 11.1 Å². The second kappa shape index (κ2) is 5.39. The van der Waals surface area contributed by atoms with Gasteiger partial charge >= 0.3 is 5.97 Å². The van der Waals surface area contributed by atoms with E-state index in [1.165, 1.54) is 7.11 Å². The summed E-state index contributed by atoms with van der Waals surface area (Å²) in [5, 5.41) is 13.8. The van der Waals surface area contributed by atoms with Crippen LogP contribution in [0.1, 0.15) is 29.3 Å². The zero-order chi connectivity index (χ0) is 13.0. The van der Waals surface area contributed by atoms with Crippen LogP contribution in [0.15, 0.2) is 24.3 Å². The van der Waals surface area contributed by atoms with Crippen LogP contribution >= 0.6 is 0 Å². The van der Waals surface area contributed by atoms with Crippen LogP contribution in [0.4, 0.5) is 0 Å². The summed E-state index contributed by atoms with van der Waals surface area (Å²) in [6, 6.07) is 7.89. The first-order chi connectivity index (χ1) is 8.70. The second-order valence-corrected chi connectivity index (χ2v) is 4.01. The molecule has 0 spiro atoms. The lowest BCUT2D eigenvalue weighted by Gasteiger charge is -2.12. The van der Waals surface area contributed by atoms with Gasteiger partial charge < -0.3 is 4.74 Å². The van der Waals surface area contributed by atoms with Gasteiger partial charge in [-0.3, -0.25) is 4.79 Å². The number of esters is 1. The molecule has 2 rings (SSSR count). The van der Waals surface area contributed by atoms with E-state index in [4.69, 9.17) is 4.74 Å². The monoisotopic (exact) mass is 246 g/mol. The number of tetrazole rings is 1. The molecule has 0 saturated carbocycles. The van der Waals surface area contributed by atoms with E-state index < -0.39 is 0 Å². The number of aryl methyl sites for hydroxylation is 1. The van der Waals surface area contributed by atoms with E-state index in [1.807, 2.05) is 31.2 Å². The normalized spacial score (nSPS) is 12.1. The molecule has 0 radical (unpaired) electrons. The van der Waals surface area contributed by atoms with Crippen molar-refractivity contribution in [1.29, 1.82) is 0 Å². The number of aromatic amines is 1. The van der Waals surface area contributed by atoms with Crippen molar-refractivity contribution in [3.8, 4) is 0 Å². The molecule has 0 saturated heterocycles. The first-order valence-corrected chi connectivity index (χ1v) is 5.57. The maximum absolute atomic E-state index is 11.4. The Hall–Kier alpha value is -2.24. The molecule has 0 amide bonds. The fourth-order valence-electron chi connectivity index (χ4n) is 1.72. The van der Waals surface area contributed by atoms with Crippen LogP contribution in [0.5, 0.6) is 0 Å². The standard InChI is InChI=1S/C12H14N4O2/c1-8-3-5-9(6-4-8)10(7-11(17)18-2)12-13-15-16-14-12/h3-6,10H,7H2,1-2H3,(H,13,14,15,16). The molecular formula is C12H14N4O2. The highest BCUT2D eigenvalue weighted by Crippen LogP contribution is 2.25. The molecule has 1 atom stereocenters. The number of H-pyrrole nitrogens is 1. The molecule has 1 heterocycles. The van der Waals surface area contributed by atoms with E-state index in [1.54, 1.807) is 0 Å². The lowest BCUT2D eigenvalue weighted by atomic mass is 9.94. The Morgan fingerprint density at radius 1 is 1.39 bits per heavy atom. The number of rotatable bonds is 4. The van der Waals surface area contributed by atoms with Gasteiger partial charge in [-0.2, -0.15) is 5.21 Å². The molecule has 94 valence electrons. The highest BCUT2D eigenvalue weighted by Gasteiger charge is 2.22. The van der Waals surface area contributed by atoms with Gasteiger partial charge in [0.15, 0.2) is 5.82 Å². The molecule has 1 unspecified atom stereocenters. The SMILES string of the molecule is COC(=O)CC(c1ccc(C)cc1)c1nn[nH]n1. The van der Waals surface area contributed by atoms with Crippen LogP contribution in [0.3, 0.4) is 0 Å². The summed E-state index contributed by atoms with van der Waals surface area (Å²) in [6.45, 7) is 2.01. The predicted octanol–water partition coefficient (Wildman–Crippen LogP) is 1.20. The molecule has 2 aromatic rings. The van der Waals surface area contributed by atoms with Gasteiger partial charge in [0.2, 0.25) is 0 Å². The second-order valence-electron chi connectivity index (χ2n) is 4.01. The Bertz CT molecular complexity index is 507. The van der Waals surface area contributed by atoms with Gasteiger partial charge in [0.1, 0.15) is 0 Å². The lowest BCUT2D eigenvalue weighted by molar-refractivity contribution is -0.140. The quantitative estimate of drug-likeness (QED) is 0.820. The van der Waals surface area contributed by atoms with E-state index in [0.29, 0.717) is 5.82 Å². The summed E-state index contributed by atoms with van der Waals surface area (Å²) in [7, 11) is 1.37. The lowest BCUT2D eigenvalue weighted by Crippen LogP contribution is -2.11. The molecule has 18 heavy (non-hydrogen) atoms. The number of benzene rings is 1. The van der Waals surface area contributed by atoms with Crippen LogP contribution in [-0.4, -0.2) is 33.7 Å². The zero-order valence-electron chi connectivity index (χ0n) is 10.3. The van der Waals surface area contributed by atoms with Crippen molar-refractivity contribution in [3.63, 3.8) is 0 Å². The van der Waals surface area contributed by atoms with Gasteiger partial charge in [-0.05, 0) is 12.5 Å². The molecule has 0 fully saturated rings. The van der Waals surface area contributed by atoms with Gasteiger partial charge in [0.25, 0.3) is 0 Å². The zero-order valence-corrected chi connectivity index (χ0v) is 10.3. The largest absolute Gasteiger partial charge is 0.469 e. The first-order valence-electron chi connectivity index (χ1n) is 5.57. The topological polar surface area (TPSA) is 80.8 Å². The Balaban J connectivity index is 2.30. The number of hydrogen-bond donors (Lipinski definition) is 1. The van der Waals surface area contributed by atoms with Gasteiger partial charge in [0.05, 0.1) is 19.4 Å². The number of nitrogens with zero attached hydrogens (tertiary/aromatic N) is 3. The molecule has 1 aromatic heterocycles. The average Bonchev–Trinajstić information content (AvgIpc) is 2.90. The van der Waals surface area contributed by atoms with Gasteiger partial charge in [-0.15, -0.1) is 10.2 Å². The van der Waals surface area contributed by atoms with Crippen molar-refractivity contribution in [1.82, 2.24) is 20.6 Å². The molecule has 6 heteroatoms. The molecule has 0 aliphatic carbocycles. The minimum Gasteiger partial charge on any atom is -0.469 e. The van der Waals surface area contributed by atoms with Crippen molar-refractivity contribution >= 4 is 5.97 Å². The highest BCUT2D eigenvalue weighted by atomic mass is 16.5. The first kappa shape index (κ1) is 12.2. The maximum atomic E-state index is 11.4. The number of ether oxygens (including phenoxy) is 1. The van der Waals surface area contributed by atoms with E-state index in [2.05, 4.69) is 20.6 Å². The molecular weight excluding hydrogens is 232 g/mol. The average molecular weight is 246 g/mol. The molecule has 6 nitrogen and oxygen atoms in total. The van der Waals surface area contributed by atoms with Crippen LogP contribution in [0.2, 0.25) is 0 Å². The number of methoxy groups -OCH3 is 1. The number of nitrogens with one attached hydrogen (secondary N) is 1. The van der Waals surface area contributed by atoms with Gasteiger partial charge in [-0.25, -0.2) is 0 Å². The van der Waals surface area contributed by atoms with Crippen LogP contribution in [-0.2, 0) is 9.53 Å². The minimum atomic E-state index is -0.301. The summed E-state index contributed by atoms with van der Waals surface area (Å²) in [4.78, 5) is 11.4. The Morgan fingerprint density at radius 2 is 2.11 bits per heavy atom. The van der Waals surface area contributed by atoms with Crippen molar-refractivity contribution in [2.75, 3.05) is 7.11 Å². The number of carbonyl (C=O) groups excluding carboxylic acids is 1. The third-order valence-corrected chi connectivity index (χ3v) is 2.75. The number of carbonyl (C=O) groups is 1. The summed E-state index contributed by atoms with van der Waals surface area (Å²) >= 11 is 0. The number of aromatic nitrogens is 4. The van der Waals surface area contributed by atoms with Crippen molar-refractivity contribution < 1.29 is 9.53 Å². The van der Waals surface area contributed by atoms with Gasteiger partial charge in [0, 0.05) is 0 Å². The highest BCUT2D eigenvalue weighted by molar-refractivity contribution is 5.71. The predicted molar refractivity (Wildman–Crippen MR) is 63.8 cm³/mol. The van der Waals surface area contributed by atoms with Crippen molar-refractivity contribution in [2.45, 2.75) is 19.3 Å². The Labute approximate surface area is 104 Å². The molecule has 0 bridgehead atoms. The Kier molecular flexibility index (Phi) is 3.66. The van der Waals surface area contributed by atoms with E-state index in [9.17, 15) is 4.79 Å². The fraction of sp³-hybridized carbons (Fsp3) is 0.333. The van der Waals surface area contributed by atoms with E-state index >= 15 is 0 Å². The third-order valence-electron chi connectivity index (χ3n) is 2.75. The Morgan fingerprint density at radius 3 is 2.67 bits per heavy atom. The van der Waals surface area contributed by atoms with Crippen molar-refractivity contribution in [2.24, 2.45) is 0 Å². The summed E-state index contributed by atoms with van der Waals surface area (Å²) in [5.74, 6) is -0.0496. The molecule has 1 aromatic carbocycles. The summed E-state index contributed by atoms with van der Waals surface area (Å²) in [5.41, 5.74) is 2.12. The number of hydrogen-bond acceptors (Lipinski definition) is 5. The fourth-order valence-corrected chi connectivity index (χ4v) is 1.72. The maximum Gasteiger partial charge on any atom is 0.306 e. The van der Waals surface area contributed by atoms with Crippen LogP contribution in [0, 0.1) is 6.92 Å².